The summed E-state index contributed by atoms with van der Waals surface area (Å²) in [5, 5.41) is 0. The molecule has 1 fully saturated rings. The molecule has 0 N–H and O–H groups in total. The summed E-state index contributed by atoms with van der Waals surface area (Å²) in [6, 6.07) is 0. The van der Waals surface area contributed by atoms with Gasteiger partial charge in [-0.15, -0.1) is 0 Å². The quantitative estimate of drug-likeness (QED) is 0.502. The predicted octanol–water partition coefficient (Wildman–Crippen LogP) is 1.92. The zero-order chi connectivity index (χ0) is 11.3. The molecule has 3 rings (SSSR count). The van der Waals surface area contributed by atoms with Crippen molar-refractivity contribution in [1.29, 1.82) is 0 Å². The molecule has 0 radical (unpaired) electrons. The lowest BCUT2D eigenvalue weighted by Crippen LogP contribution is -2.36. The van der Waals surface area contributed by atoms with Crippen LogP contribution in [0.5, 0.6) is 0 Å². The summed E-state index contributed by atoms with van der Waals surface area (Å²) in [6.45, 7) is 3.77. The van der Waals surface area contributed by atoms with Crippen molar-refractivity contribution in [3.63, 3.8) is 0 Å². The molecule has 3 heteroatoms. The Balaban J connectivity index is 1.95. The normalized spacial score (nSPS) is 35.1. The van der Waals surface area contributed by atoms with Crippen LogP contribution in [0.3, 0.4) is 0 Å². The maximum absolute atomic E-state index is 11.9. The first-order chi connectivity index (χ1) is 7.69. The number of rotatable bonds is 1. The monoisotopic (exact) mass is 222 g/mol. The van der Waals surface area contributed by atoms with Crippen molar-refractivity contribution in [3.8, 4) is 0 Å². The van der Waals surface area contributed by atoms with Crippen LogP contribution < -0.4 is 0 Å². The molecule has 1 spiro atoms. The second-order valence-corrected chi connectivity index (χ2v) is 5.36. The van der Waals surface area contributed by atoms with Gasteiger partial charge in [-0.25, -0.2) is 0 Å². The Labute approximate surface area is 95.8 Å². The Hall–Kier alpha value is -0.830. The fourth-order valence-electron chi connectivity index (χ4n) is 3.58. The van der Waals surface area contributed by atoms with Gasteiger partial charge in [-0.2, -0.15) is 0 Å². The van der Waals surface area contributed by atoms with Crippen LogP contribution >= 0.6 is 0 Å². The molecule has 0 bridgehead atoms. The third-order valence-electron chi connectivity index (χ3n) is 4.83. The fourth-order valence-corrected chi connectivity index (χ4v) is 3.58. The molecule has 88 valence electrons. The molecule has 0 aromatic heterocycles. The number of esters is 1. The zero-order valence-electron chi connectivity index (χ0n) is 9.91. The highest BCUT2D eigenvalue weighted by molar-refractivity contribution is 5.75. The lowest BCUT2D eigenvalue weighted by Gasteiger charge is -2.36. The minimum Gasteiger partial charge on any atom is -0.469 e. The maximum atomic E-state index is 11.9. The summed E-state index contributed by atoms with van der Waals surface area (Å²) >= 11 is 0. The van der Waals surface area contributed by atoms with Crippen molar-refractivity contribution in [3.05, 3.63) is 11.1 Å². The van der Waals surface area contributed by atoms with Crippen LogP contribution in [0.25, 0.3) is 0 Å². The molecule has 0 aromatic carbocycles. The molecule has 0 amide bonds. The molecule has 0 aromatic rings. The van der Waals surface area contributed by atoms with Crippen LogP contribution in [-0.2, 0) is 14.3 Å². The van der Waals surface area contributed by atoms with E-state index in [1.807, 2.05) is 0 Å². The highest BCUT2D eigenvalue weighted by Gasteiger charge is 2.59. The van der Waals surface area contributed by atoms with Gasteiger partial charge in [-0.05, 0) is 41.7 Å². The third kappa shape index (κ3) is 1.21. The average molecular weight is 222 g/mol. The first-order valence-electron chi connectivity index (χ1n) is 6.05. The summed E-state index contributed by atoms with van der Waals surface area (Å²) in [4.78, 5) is 11.9. The van der Waals surface area contributed by atoms with Crippen molar-refractivity contribution in [2.75, 3.05) is 20.3 Å². The standard InChI is InChI=1S/C13H18O3/c1-8-10-7-16-6-9(10)5-11(12(14)15-2)13(8)3-4-13/h8,11H,3-7H2,1-2H3/t8-,11-/m0/s1. The van der Waals surface area contributed by atoms with Gasteiger partial charge in [0.15, 0.2) is 0 Å². The van der Waals surface area contributed by atoms with Gasteiger partial charge < -0.3 is 9.47 Å². The summed E-state index contributed by atoms with van der Waals surface area (Å²) in [6.07, 6.45) is 3.21. The van der Waals surface area contributed by atoms with Crippen LogP contribution in [0.1, 0.15) is 26.2 Å². The van der Waals surface area contributed by atoms with Crippen molar-refractivity contribution < 1.29 is 14.3 Å². The van der Waals surface area contributed by atoms with E-state index < -0.39 is 0 Å². The van der Waals surface area contributed by atoms with Crippen LogP contribution in [0, 0.1) is 17.3 Å². The van der Waals surface area contributed by atoms with E-state index in [0.717, 1.165) is 19.6 Å². The smallest absolute Gasteiger partial charge is 0.309 e. The van der Waals surface area contributed by atoms with Gasteiger partial charge in [-0.3, -0.25) is 4.79 Å². The Morgan fingerprint density at radius 2 is 2.19 bits per heavy atom. The third-order valence-corrected chi connectivity index (χ3v) is 4.83. The van der Waals surface area contributed by atoms with E-state index in [1.54, 1.807) is 0 Å². The van der Waals surface area contributed by atoms with Gasteiger partial charge in [0.25, 0.3) is 0 Å². The Kier molecular flexibility index (Phi) is 2.15. The number of methoxy groups -OCH3 is 1. The fraction of sp³-hybridized carbons (Fsp3) is 0.769. The van der Waals surface area contributed by atoms with E-state index >= 15 is 0 Å². The van der Waals surface area contributed by atoms with E-state index in [4.69, 9.17) is 9.47 Å². The van der Waals surface area contributed by atoms with Crippen molar-refractivity contribution in [2.24, 2.45) is 17.3 Å². The summed E-state index contributed by atoms with van der Waals surface area (Å²) in [5.74, 6) is 0.554. The first-order valence-corrected chi connectivity index (χ1v) is 6.05. The highest BCUT2D eigenvalue weighted by atomic mass is 16.5. The van der Waals surface area contributed by atoms with E-state index in [9.17, 15) is 4.79 Å². The molecular weight excluding hydrogens is 204 g/mol. The van der Waals surface area contributed by atoms with E-state index in [2.05, 4.69) is 6.92 Å². The van der Waals surface area contributed by atoms with Crippen LogP contribution in [0.4, 0.5) is 0 Å². The van der Waals surface area contributed by atoms with Gasteiger partial charge in [-0.1, -0.05) is 6.92 Å². The summed E-state index contributed by atoms with van der Waals surface area (Å²) in [5.41, 5.74) is 3.04. The Bertz CT molecular complexity index is 365. The molecule has 0 unspecified atom stereocenters. The van der Waals surface area contributed by atoms with Crippen molar-refractivity contribution >= 4 is 5.97 Å². The molecule has 2 atom stereocenters. The molecule has 16 heavy (non-hydrogen) atoms. The second-order valence-electron chi connectivity index (χ2n) is 5.36. The largest absolute Gasteiger partial charge is 0.469 e. The number of ether oxygens (including phenoxy) is 2. The van der Waals surface area contributed by atoms with Crippen LogP contribution in [0.2, 0.25) is 0 Å². The Morgan fingerprint density at radius 1 is 1.44 bits per heavy atom. The highest BCUT2D eigenvalue weighted by Crippen LogP contribution is 2.64. The summed E-state index contributed by atoms with van der Waals surface area (Å²) in [7, 11) is 1.50. The SMILES string of the molecule is COC(=O)[C@@H]1CC2=C(COC2)[C@H](C)C12CC2. The van der Waals surface area contributed by atoms with Gasteiger partial charge in [0.2, 0.25) is 0 Å². The number of hydrogen-bond acceptors (Lipinski definition) is 3. The van der Waals surface area contributed by atoms with Gasteiger partial charge in [0, 0.05) is 0 Å². The lowest BCUT2D eigenvalue weighted by molar-refractivity contribution is -0.149. The average Bonchev–Trinajstić information content (AvgIpc) is 2.94. The molecule has 2 aliphatic carbocycles. The molecular formula is C13H18O3. The first kappa shape index (κ1) is 10.3. The van der Waals surface area contributed by atoms with Gasteiger partial charge in [0.05, 0.1) is 26.2 Å². The number of hydrogen-bond donors (Lipinski definition) is 0. The van der Waals surface area contributed by atoms with Crippen molar-refractivity contribution in [1.82, 2.24) is 0 Å². The Morgan fingerprint density at radius 3 is 2.81 bits per heavy atom. The zero-order valence-corrected chi connectivity index (χ0v) is 9.91. The molecule has 1 saturated carbocycles. The summed E-state index contributed by atoms with van der Waals surface area (Å²) < 4.78 is 10.5. The topological polar surface area (TPSA) is 35.5 Å². The van der Waals surface area contributed by atoms with Gasteiger partial charge >= 0.3 is 5.97 Å². The minimum atomic E-state index is -0.0252. The maximum Gasteiger partial charge on any atom is 0.309 e. The van der Waals surface area contributed by atoms with Crippen LogP contribution in [-0.4, -0.2) is 26.3 Å². The lowest BCUT2D eigenvalue weighted by atomic mass is 9.67. The van der Waals surface area contributed by atoms with Crippen molar-refractivity contribution in [2.45, 2.75) is 26.2 Å². The van der Waals surface area contributed by atoms with E-state index in [0.29, 0.717) is 5.92 Å². The minimum absolute atomic E-state index is 0.0252. The van der Waals surface area contributed by atoms with E-state index in [1.165, 1.54) is 31.1 Å². The van der Waals surface area contributed by atoms with Crippen LogP contribution in [0.15, 0.2) is 11.1 Å². The molecule has 1 aliphatic heterocycles. The number of carbonyl (C=O) groups is 1. The molecule has 0 saturated heterocycles. The predicted molar refractivity (Wildman–Crippen MR) is 58.8 cm³/mol. The van der Waals surface area contributed by atoms with Gasteiger partial charge in [0.1, 0.15) is 0 Å². The number of carbonyl (C=O) groups excluding carboxylic acids is 1. The molecule has 3 nitrogen and oxygen atoms in total. The second kappa shape index (κ2) is 3.33. The van der Waals surface area contributed by atoms with E-state index in [-0.39, 0.29) is 17.3 Å². The molecule has 3 aliphatic rings. The molecule has 1 heterocycles.